The van der Waals surface area contributed by atoms with Crippen molar-refractivity contribution < 1.29 is 13.2 Å². The molecule has 6 heteroatoms. The van der Waals surface area contributed by atoms with E-state index in [-0.39, 0.29) is 16.7 Å². The molecule has 2 nitrogen and oxygen atoms in total. The maximum atomic E-state index is 12.1. The molecule has 1 aromatic rings. The Balaban J connectivity index is 2.02. The average molecular weight is 262 g/mol. The number of benzene rings is 1. The van der Waals surface area contributed by atoms with E-state index in [1.54, 1.807) is 12.1 Å². The summed E-state index contributed by atoms with van der Waals surface area (Å²) >= 11 is -0.0748. The largest absolute Gasteiger partial charge is 0.446 e. The molecule has 0 atom stereocenters. The standard InChI is InChI=1S/C11H13F3N2S/c12-11(13,14)17-10-3-1-9(2-4-10)16-7-5-15-6-8-16/h1-4,15H,5-8H2. The van der Waals surface area contributed by atoms with Crippen molar-refractivity contribution in [2.45, 2.75) is 10.4 Å². The molecule has 1 saturated heterocycles. The number of hydrogen-bond acceptors (Lipinski definition) is 3. The maximum absolute atomic E-state index is 12.1. The molecule has 0 bridgehead atoms. The smallest absolute Gasteiger partial charge is 0.369 e. The van der Waals surface area contributed by atoms with E-state index in [2.05, 4.69) is 10.2 Å². The van der Waals surface area contributed by atoms with Gasteiger partial charge in [0.25, 0.3) is 0 Å². The van der Waals surface area contributed by atoms with E-state index in [0.717, 1.165) is 31.9 Å². The molecule has 0 aromatic heterocycles. The molecule has 0 radical (unpaired) electrons. The maximum Gasteiger partial charge on any atom is 0.446 e. The van der Waals surface area contributed by atoms with Crippen molar-refractivity contribution in [1.29, 1.82) is 0 Å². The fourth-order valence-electron chi connectivity index (χ4n) is 1.78. The predicted octanol–water partition coefficient (Wildman–Crippen LogP) is 2.71. The lowest BCUT2D eigenvalue weighted by Gasteiger charge is -2.29. The molecule has 1 heterocycles. The highest BCUT2D eigenvalue weighted by Crippen LogP contribution is 2.37. The quantitative estimate of drug-likeness (QED) is 0.825. The van der Waals surface area contributed by atoms with Gasteiger partial charge in [-0.25, -0.2) is 0 Å². The molecule has 1 aliphatic rings. The number of thioether (sulfide) groups is 1. The number of alkyl halides is 3. The van der Waals surface area contributed by atoms with Gasteiger partial charge in [0.15, 0.2) is 0 Å². The van der Waals surface area contributed by atoms with E-state index in [4.69, 9.17) is 0 Å². The average Bonchev–Trinajstić information content (AvgIpc) is 2.29. The summed E-state index contributed by atoms with van der Waals surface area (Å²) in [6.45, 7) is 3.62. The van der Waals surface area contributed by atoms with Crippen LogP contribution in [0, 0.1) is 0 Å². The van der Waals surface area contributed by atoms with E-state index >= 15 is 0 Å². The molecule has 17 heavy (non-hydrogen) atoms. The van der Waals surface area contributed by atoms with Gasteiger partial charge in [-0.1, -0.05) is 0 Å². The van der Waals surface area contributed by atoms with E-state index in [1.165, 1.54) is 12.1 Å². The van der Waals surface area contributed by atoms with Crippen LogP contribution in [0.4, 0.5) is 18.9 Å². The van der Waals surface area contributed by atoms with Gasteiger partial charge >= 0.3 is 5.51 Å². The fraction of sp³-hybridized carbons (Fsp3) is 0.455. The third kappa shape index (κ3) is 3.81. The minimum atomic E-state index is -4.21. The van der Waals surface area contributed by atoms with E-state index in [0.29, 0.717) is 0 Å². The lowest BCUT2D eigenvalue weighted by Crippen LogP contribution is -2.43. The van der Waals surface area contributed by atoms with Crippen molar-refractivity contribution in [2.24, 2.45) is 0 Å². The Kier molecular flexibility index (Phi) is 3.83. The molecule has 94 valence electrons. The fourth-order valence-corrected chi connectivity index (χ4v) is 2.32. The predicted molar refractivity (Wildman–Crippen MR) is 63.4 cm³/mol. The first-order chi connectivity index (χ1) is 8.04. The third-order valence-corrected chi connectivity index (χ3v) is 3.29. The van der Waals surface area contributed by atoms with Crippen molar-refractivity contribution in [3.63, 3.8) is 0 Å². The Labute approximate surface area is 102 Å². The van der Waals surface area contributed by atoms with Crippen molar-refractivity contribution in [2.75, 3.05) is 31.1 Å². The minimum Gasteiger partial charge on any atom is -0.369 e. The van der Waals surface area contributed by atoms with Crippen LogP contribution in [-0.4, -0.2) is 31.7 Å². The normalized spacial score (nSPS) is 17.2. The lowest BCUT2D eigenvalue weighted by atomic mass is 10.2. The monoisotopic (exact) mass is 262 g/mol. The van der Waals surface area contributed by atoms with Crippen molar-refractivity contribution in [3.8, 4) is 0 Å². The minimum absolute atomic E-state index is 0.0748. The number of rotatable bonds is 2. The van der Waals surface area contributed by atoms with E-state index in [9.17, 15) is 13.2 Å². The summed E-state index contributed by atoms with van der Waals surface area (Å²) in [5.74, 6) is 0. The number of nitrogens with one attached hydrogen (secondary N) is 1. The van der Waals surface area contributed by atoms with Gasteiger partial charge in [-0.3, -0.25) is 0 Å². The first kappa shape index (κ1) is 12.6. The van der Waals surface area contributed by atoms with Crippen LogP contribution in [-0.2, 0) is 0 Å². The molecular weight excluding hydrogens is 249 g/mol. The number of piperazine rings is 1. The molecule has 0 unspecified atom stereocenters. The first-order valence-electron chi connectivity index (χ1n) is 5.36. The molecule has 0 aliphatic carbocycles. The molecule has 2 rings (SSSR count). The van der Waals surface area contributed by atoms with Crippen LogP contribution in [0.2, 0.25) is 0 Å². The second kappa shape index (κ2) is 5.18. The molecule has 1 fully saturated rings. The molecule has 0 amide bonds. The van der Waals surface area contributed by atoms with Crippen molar-refractivity contribution in [1.82, 2.24) is 5.32 Å². The molecular formula is C11H13F3N2S. The Morgan fingerprint density at radius 1 is 1.06 bits per heavy atom. The van der Waals surface area contributed by atoms with Gasteiger partial charge < -0.3 is 10.2 Å². The molecule has 0 spiro atoms. The highest BCUT2D eigenvalue weighted by molar-refractivity contribution is 8.00. The topological polar surface area (TPSA) is 15.3 Å². The second-order valence-corrected chi connectivity index (χ2v) is 4.92. The molecule has 1 aromatic carbocycles. The van der Waals surface area contributed by atoms with Crippen molar-refractivity contribution in [3.05, 3.63) is 24.3 Å². The van der Waals surface area contributed by atoms with Crippen molar-refractivity contribution >= 4 is 17.4 Å². The molecule has 1 N–H and O–H groups in total. The Morgan fingerprint density at radius 2 is 1.65 bits per heavy atom. The summed E-state index contributed by atoms with van der Waals surface area (Å²) in [5.41, 5.74) is -3.23. The Hall–Kier alpha value is -0.880. The van der Waals surface area contributed by atoms with Gasteiger partial charge in [-0.15, -0.1) is 0 Å². The van der Waals surface area contributed by atoms with Crippen LogP contribution in [0.15, 0.2) is 29.2 Å². The molecule has 1 aliphatic heterocycles. The number of anilines is 1. The summed E-state index contributed by atoms with van der Waals surface area (Å²) in [7, 11) is 0. The summed E-state index contributed by atoms with van der Waals surface area (Å²) < 4.78 is 36.4. The van der Waals surface area contributed by atoms with Crippen LogP contribution in [0.3, 0.4) is 0 Å². The second-order valence-electron chi connectivity index (χ2n) is 3.78. The highest BCUT2D eigenvalue weighted by Gasteiger charge is 2.29. The number of hydrogen-bond donors (Lipinski definition) is 1. The summed E-state index contributed by atoms with van der Waals surface area (Å²) in [6, 6.07) is 6.55. The summed E-state index contributed by atoms with van der Waals surface area (Å²) in [4.78, 5) is 2.40. The molecule has 0 saturated carbocycles. The first-order valence-corrected chi connectivity index (χ1v) is 6.18. The van der Waals surface area contributed by atoms with Gasteiger partial charge in [0.2, 0.25) is 0 Å². The van der Waals surface area contributed by atoms with Crippen LogP contribution >= 0.6 is 11.8 Å². The Bertz CT molecular complexity index is 358. The van der Waals surface area contributed by atoms with Crippen LogP contribution in [0.5, 0.6) is 0 Å². The third-order valence-electron chi connectivity index (χ3n) is 2.55. The van der Waals surface area contributed by atoms with E-state index < -0.39 is 5.51 Å². The van der Waals surface area contributed by atoms with Gasteiger partial charge in [0.1, 0.15) is 0 Å². The van der Waals surface area contributed by atoms with Crippen LogP contribution < -0.4 is 10.2 Å². The zero-order chi connectivity index (χ0) is 12.3. The Morgan fingerprint density at radius 3 is 2.18 bits per heavy atom. The van der Waals surface area contributed by atoms with Crippen LogP contribution in [0.1, 0.15) is 0 Å². The van der Waals surface area contributed by atoms with Crippen LogP contribution in [0.25, 0.3) is 0 Å². The summed E-state index contributed by atoms with van der Waals surface area (Å²) in [6.07, 6.45) is 0. The van der Waals surface area contributed by atoms with Gasteiger partial charge in [0.05, 0.1) is 0 Å². The summed E-state index contributed by atoms with van der Waals surface area (Å²) in [5, 5.41) is 3.23. The lowest BCUT2D eigenvalue weighted by molar-refractivity contribution is -0.0328. The number of nitrogens with zero attached hydrogens (tertiary/aromatic N) is 1. The highest BCUT2D eigenvalue weighted by atomic mass is 32.2. The zero-order valence-electron chi connectivity index (χ0n) is 9.13. The zero-order valence-corrected chi connectivity index (χ0v) is 9.94. The van der Waals surface area contributed by atoms with Gasteiger partial charge in [-0.2, -0.15) is 13.2 Å². The SMILES string of the molecule is FC(F)(F)Sc1ccc(N2CCNCC2)cc1. The van der Waals surface area contributed by atoms with Gasteiger partial charge in [0, 0.05) is 36.8 Å². The van der Waals surface area contributed by atoms with Gasteiger partial charge in [-0.05, 0) is 36.0 Å². The van der Waals surface area contributed by atoms with E-state index in [1.807, 2.05) is 0 Å². The number of halogens is 3.